The van der Waals surface area contributed by atoms with Crippen molar-refractivity contribution < 1.29 is 14.7 Å². The van der Waals surface area contributed by atoms with Crippen molar-refractivity contribution in [2.45, 2.75) is 31.4 Å². The first-order valence-electron chi connectivity index (χ1n) is 6.91. The van der Waals surface area contributed by atoms with E-state index in [-0.39, 0.29) is 11.8 Å². The summed E-state index contributed by atoms with van der Waals surface area (Å²) in [6.45, 7) is 3.66. The van der Waals surface area contributed by atoms with E-state index < -0.39 is 11.9 Å². The van der Waals surface area contributed by atoms with E-state index in [0.717, 1.165) is 25.3 Å². The molecule has 0 bridgehead atoms. The topological polar surface area (TPSA) is 57.6 Å². The Bertz CT molecular complexity index is 383. The monoisotopic (exact) mass is 283 g/mol. The first-order valence-corrected chi connectivity index (χ1v) is 7.96. The molecular weight excluding hydrogens is 262 g/mol. The van der Waals surface area contributed by atoms with Crippen molar-refractivity contribution >= 4 is 23.6 Å². The third-order valence-corrected chi connectivity index (χ3v) is 5.34. The molecule has 1 aliphatic heterocycles. The van der Waals surface area contributed by atoms with Crippen molar-refractivity contribution in [3.05, 3.63) is 12.2 Å². The van der Waals surface area contributed by atoms with Crippen LogP contribution < -0.4 is 0 Å². The fourth-order valence-corrected chi connectivity index (χ4v) is 3.94. The lowest BCUT2D eigenvalue weighted by Crippen LogP contribution is -2.47. The summed E-state index contributed by atoms with van der Waals surface area (Å²) in [5, 5.41) is 9.75. The molecule has 2 rings (SSSR count). The lowest BCUT2D eigenvalue weighted by atomic mass is 9.82. The van der Waals surface area contributed by atoms with Crippen LogP contribution in [0.2, 0.25) is 0 Å². The van der Waals surface area contributed by atoms with Crippen LogP contribution >= 0.6 is 11.8 Å². The average molecular weight is 283 g/mol. The molecule has 19 heavy (non-hydrogen) atoms. The Hall–Kier alpha value is -0.970. The average Bonchev–Trinajstić information content (AvgIpc) is 2.46. The Morgan fingerprint density at radius 2 is 2.00 bits per heavy atom. The van der Waals surface area contributed by atoms with Gasteiger partial charge in [0.15, 0.2) is 0 Å². The molecule has 106 valence electrons. The molecule has 0 aromatic rings. The molecule has 1 heterocycles. The minimum Gasteiger partial charge on any atom is -0.481 e. The van der Waals surface area contributed by atoms with Gasteiger partial charge in [0.05, 0.1) is 11.8 Å². The van der Waals surface area contributed by atoms with Gasteiger partial charge in [-0.15, -0.1) is 0 Å². The van der Waals surface area contributed by atoms with Gasteiger partial charge in [-0.05, 0) is 19.3 Å². The highest BCUT2D eigenvalue weighted by Gasteiger charge is 2.37. The van der Waals surface area contributed by atoms with Crippen molar-refractivity contribution in [2.75, 3.05) is 18.8 Å². The maximum atomic E-state index is 12.5. The number of carboxylic acid groups (broad SMARTS) is 1. The molecule has 0 aromatic heterocycles. The Morgan fingerprint density at radius 1 is 1.32 bits per heavy atom. The largest absolute Gasteiger partial charge is 0.481 e. The molecule has 1 aliphatic carbocycles. The minimum absolute atomic E-state index is 0.0375. The van der Waals surface area contributed by atoms with Crippen molar-refractivity contribution in [3.63, 3.8) is 0 Å². The number of nitrogens with zero attached hydrogens (tertiary/aromatic N) is 1. The third-order valence-electron chi connectivity index (χ3n) is 3.97. The van der Waals surface area contributed by atoms with E-state index in [1.807, 2.05) is 28.8 Å². The van der Waals surface area contributed by atoms with Gasteiger partial charge in [-0.2, -0.15) is 11.8 Å². The molecule has 0 radical (unpaired) electrons. The van der Waals surface area contributed by atoms with Crippen LogP contribution in [-0.4, -0.2) is 46.0 Å². The first kappa shape index (κ1) is 14.4. The number of amides is 1. The van der Waals surface area contributed by atoms with Crippen LogP contribution in [0.3, 0.4) is 0 Å². The molecular formula is C14H21NO3S. The molecule has 1 amide bonds. The van der Waals surface area contributed by atoms with E-state index >= 15 is 0 Å². The molecule has 0 saturated carbocycles. The van der Waals surface area contributed by atoms with Crippen molar-refractivity contribution in [2.24, 2.45) is 11.8 Å². The number of carbonyl (C=O) groups is 2. The SMILES string of the molecule is CCC1CN(C(=O)C2CC=CCC2C(=O)O)CCS1. The van der Waals surface area contributed by atoms with Gasteiger partial charge in [-0.3, -0.25) is 9.59 Å². The van der Waals surface area contributed by atoms with Crippen LogP contribution in [-0.2, 0) is 9.59 Å². The lowest BCUT2D eigenvalue weighted by Gasteiger charge is -2.36. The van der Waals surface area contributed by atoms with Crippen LogP contribution in [0, 0.1) is 11.8 Å². The molecule has 3 atom stereocenters. The van der Waals surface area contributed by atoms with Gasteiger partial charge in [-0.25, -0.2) is 0 Å². The maximum absolute atomic E-state index is 12.5. The molecule has 3 unspecified atom stereocenters. The third kappa shape index (κ3) is 3.32. The highest BCUT2D eigenvalue weighted by molar-refractivity contribution is 8.00. The summed E-state index contributed by atoms with van der Waals surface area (Å²) >= 11 is 1.91. The predicted octanol–water partition coefficient (Wildman–Crippen LogP) is 2.01. The number of thioether (sulfide) groups is 1. The molecule has 5 heteroatoms. The highest BCUT2D eigenvalue weighted by Crippen LogP contribution is 2.30. The Balaban J connectivity index is 2.05. The molecule has 1 saturated heterocycles. The predicted molar refractivity (Wildman–Crippen MR) is 76.1 cm³/mol. The van der Waals surface area contributed by atoms with E-state index in [0.29, 0.717) is 18.1 Å². The van der Waals surface area contributed by atoms with Gasteiger partial charge in [0.1, 0.15) is 0 Å². The van der Waals surface area contributed by atoms with Gasteiger partial charge in [0.2, 0.25) is 5.91 Å². The molecule has 1 N–H and O–H groups in total. The maximum Gasteiger partial charge on any atom is 0.307 e. The summed E-state index contributed by atoms with van der Waals surface area (Å²) in [6.07, 6.45) is 5.92. The quantitative estimate of drug-likeness (QED) is 0.805. The molecule has 1 fully saturated rings. The number of carboxylic acids is 1. The zero-order chi connectivity index (χ0) is 13.8. The second-order valence-electron chi connectivity index (χ2n) is 5.18. The highest BCUT2D eigenvalue weighted by atomic mass is 32.2. The molecule has 0 spiro atoms. The second-order valence-corrected chi connectivity index (χ2v) is 6.59. The minimum atomic E-state index is -0.846. The summed E-state index contributed by atoms with van der Waals surface area (Å²) in [4.78, 5) is 25.7. The lowest BCUT2D eigenvalue weighted by molar-refractivity contribution is -0.150. The Labute approximate surface area is 118 Å². The van der Waals surface area contributed by atoms with E-state index in [1.165, 1.54) is 0 Å². The summed E-state index contributed by atoms with van der Waals surface area (Å²) in [6, 6.07) is 0. The number of hydrogen-bond acceptors (Lipinski definition) is 3. The van der Waals surface area contributed by atoms with Gasteiger partial charge >= 0.3 is 5.97 Å². The molecule has 0 aromatic carbocycles. The molecule has 2 aliphatic rings. The van der Waals surface area contributed by atoms with Gasteiger partial charge in [-0.1, -0.05) is 19.1 Å². The Morgan fingerprint density at radius 3 is 2.63 bits per heavy atom. The number of aliphatic carboxylic acids is 1. The number of rotatable bonds is 3. The number of carbonyl (C=O) groups excluding carboxylic acids is 1. The summed E-state index contributed by atoms with van der Waals surface area (Å²) in [5.74, 6) is -0.767. The Kier molecular flexibility index (Phi) is 4.91. The fourth-order valence-electron chi connectivity index (χ4n) is 2.76. The second kappa shape index (κ2) is 6.46. The van der Waals surface area contributed by atoms with Crippen LogP contribution in [0.1, 0.15) is 26.2 Å². The summed E-state index contributed by atoms with van der Waals surface area (Å²) in [5.41, 5.74) is 0. The molecule has 4 nitrogen and oxygen atoms in total. The van der Waals surface area contributed by atoms with Crippen LogP contribution in [0.4, 0.5) is 0 Å². The van der Waals surface area contributed by atoms with Crippen molar-refractivity contribution in [1.29, 1.82) is 0 Å². The smallest absolute Gasteiger partial charge is 0.307 e. The zero-order valence-electron chi connectivity index (χ0n) is 11.2. The zero-order valence-corrected chi connectivity index (χ0v) is 12.1. The number of hydrogen-bond donors (Lipinski definition) is 1. The summed E-state index contributed by atoms with van der Waals surface area (Å²) in [7, 11) is 0. The van der Waals surface area contributed by atoms with Crippen LogP contribution in [0.15, 0.2) is 12.2 Å². The van der Waals surface area contributed by atoms with Gasteiger partial charge in [0.25, 0.3) is 0 Å². The summed E-state index contributed by atoms with van der Waals surface area (Å²) < 4.78 is 0. The first-order chi connectivity index (χ1) is 9.13. The normalized spacial score (nSPS) is 31.2. The van der Waals surface area contributed by atoms with Crippen LogP contribution in [0.5, 0.6) is 0 Å². The van der Waals surface area contributed by atoms with Gasteiger partial charge in [0, 0.05) is 24.1 Å². The fraction of sp³-hybridized carbons (Fsp3) is 0.714. The van der Waals surface area contributed by atoms with E-state index in [9.17, 15) is 14.7 Å². The van der Waals surface area contributed by atoms with E-state index in [4.69, 9.17) is 0 Å². The number of allylic oxidation sites excluding steroid dienone is 2. The standard InChI is InChI=1S/C14H21NO3S/c1-2-10-9-15(7-8-19-10)13(16)11-5-3-4-6-12(11)14(17)18/h3-4,10-12H,2,5-9H2,1H3,(H,17,18). The van der Waals surface area contributed by atoms with E-state index in [1.54, 1.807) is 0 Å². The van der Waals surface area contributed by atoms with Crippen molar-refractivity contribution in [1.82, 2.24) is 4.90 Å². The van der Waals surface area contributed by atoms with Crippen LogP contribution in [0.25, 0.3) is 0 Å². The van der Waals surface area contributed by atoms with Crippen molar-refractivity contribution in [3.8, 4) is 0 Å². The van der Waals surface area contributed by atoms with Gasteiger partial charge < -0.3 is 10.0 Å². The van der Waals surface area contributed by atoms with E-state index in [2.05, 4.69) is 6.92 Å².